The maximum absolute atomic E-state index is 11.9. The zero-order chi connectivity index (χ0) is 12.1. The van der Waals surface area contributed by atoms with Crippen molar-refractivity contribution in [3.05, 3.63) is 22.4 Å². The highest BCUT2D eigenvalue weighted by atomic mass is 35.5. The van der Waals surface area contributed by atoms with Crippen LogP contribution in [-0.2, 0) is 11.2 Å². The summed E-state index contributed by atoms with van der Waals surface area (Å²) in [5.74, 6) is 0.142. The maximum atomic E-state index is 11.9. The quantitative estimate of drug-likeness (QED) is 0.875. The van der Waals surface area contributed by atoms with Crippen LogP contribution in [-0.4, -0.2) is 18.0 Å². The molecule has 1 amide bonds. The Morgan fingerprint density at radius 1 is 1.44 bits per heavy atom. The van der Waals surface area contributed by atoms with E-state index in [1.807, 2.05) is 5.38 Å². The first kappa shape index (κ1) is 15.5. The Hall–Kier alpha value is -0.580. The van der Waals surface area contributed by atoms with Gasteiger partial charge in [-0.1, -0.05) is 12.8 Å². The van der Waals surface area contributed by atoms with Crippen molar-refractivity contribution in [1.29, 1.82) is 0 Å². The molecule has 0 aliphatic heterocycles. The smallest absolute Gasteiger partial charge is 0.220 e. The van der Waals surface area contributed by atoms with Gasteiger partial charge >= 0.3 is 0 Å². The molecule has 0 radical (unpaired) electrons. The van der Waals surface area contributed by atoms with Gasteiger partial charge in [-0.2, -0.15) is 11.3 Å². The minimum atomic E-state index is -0.105. The number of hydrogen-bond donors (Lipinski definition) is 2. The topological polar surface area (TPSA) is 55.1 Å². The summed E-state index contributed by atoms with van der Waals surface area (Å²) in [6, 6.07) is 2.08. The van der Waals surface area contributed by atoms with Crippen molar-refractivity contribution in [2.45, 2.75) is 44.1 Å². The first-order valence-corrected chi connectivity index (χ1v) is 7.21. The Balaban J connectivity index is 0.00000162. The van der Waals surface area contributed by atoms with Crippen molar-refractivity contribution >= 4 is 29.7 Å². The molecule has 0 spiro atoms. The first-order chi connectivity index (χ1) is 8.24. The van der Waals surface area contributed by atoms with Gasteiger partial charge in [0.1, 0.15) is 0 Å². The van der Waals surface area contributed by atoms with Crippen LogP contribution >= 0.6 is 23.7 Å². The van der Waals surface area contributed by atoms with E-state index in [2.05, 4.69) is 16.8 Å². The Bertz CT molecular complexity index is 361. The average molecular weight is 289 g/mol. The molecular formula is C13H21ClN2OS. The lowest BCUT2D eigenvalue weighted by atomic mass is 9.97. The van der Waals surface area contributed by atoms with Crippen molar-refractivity contribution in [3.8, 4) is 0 Å². The highest BCUT2D eigenvalue weighted by Crippen LogP contribution is 2.28. The van der Waals surface area contributed by atoms with Gasteiger partial charge in [-0.3, -0.25) is 4.79 Å². The van der Waals surface area contributed by atoms with Crippen LogP contribution in [0.4, 0.5) is 0 Å². The monoisotopic (exact) mass is 288 g/mol. The number of nitrogens with two attached hydrogens (primary N) is 1. The Kier molecular flexibility index (Phi) is 6.12. The average Bonchev–Trinajstić information content (AvgIpc) is 2.98. The Morgan fingerprint density at radius 3 is 2.72 bits per heavy atom. The van der Waals surface area contributed by atoms with Crippen LogP contribution in [0.5, 0.6) is 0 Å². The summed E-state index contributed by atoms with van der Waals surface area (Å²) in [7, 11) is 0. The zero-order valence-electron chi connectivity index (χ0n) is 10.5. The molecule has 0 aromatic carbocycles. The fourth-order valence-corrected chi connectivity index (χ4v) is 3.19. The minimum absolute atomic E-state index is 0. The van der Waals surface area contributed by atoms with Crippen LogP contribution in [0.1, 0.15) is 37.7 Å². The molecule has 0 unspecified atom stereocenters. The van der Waals surface area contributed by atoms with Crippen LogP contribution in [0.2, 0.25) is 0 Å². The molecule has 1 aromatic rings. The van der Waals surface area contributed by atoms with Crippen LogP contribution in [0.15, 0.2) is 16.8 Å². The van der Waals surface area contributed by atoms with Crippen LogP contribution in [0.3, 0.4) is 0 Å². The van der Waals surface area contributed by atoms with E-state index in [9.17, 15) is 4.79 Å². The molecule has 3 nitrogen and oxygen atoms in total. The number of amides is 1. The van der Waals surface area contributed by atoms with E-state index in [1.54, 1.807) is 11.3 Å². The molecule has 5 heteroatoms. The molecule has 102 valence electrons. The number of nitrogens with one attached hydrogen (secondary N) is 1. The molecule has 1 saturated carbocycles. The fourth-order valence-electron chi connectivity index (χ4n) is 2.48. The number of aryl methyl sites for hydroxylation is 1. The maximum Gasteiger partial charge on any atom is 0.220 e. The molecule has 3 N–H and O–H groups in total. The summed E-state index contributed by atoms with van der Waals surface area (Å²) in [6.07, 6.45) is 5.83. The number of carbonyl (C=O) groups excluding carboxylic acids is 1. The number of halogens is 1. The SMILES string of the molecule is Cl.NCC1(NC(=O)CCc2ccsc2)CCCC1. The summed E-state index contributed by atoms with van der Waals surface area (Å²) in [6.45, 7) is 0.567. The standard InChI is InChI=1S/C13H20N2OS.ClH/c14-10-13(6-1-2-7-13)15-12(16)4-3-11-5-8-17-9-11;/h5,8-9H,1-4,6-7,10,14H2,(H,15,16);1H. The lowest BCUT2D eigenvalue weighted by Gasteiger charge is -2.28. The van der Waals surface area contributed by atoms with Crippen molar-refractivity contribution in [1.82, 2.24) is 5.32 Å². The minimum Gasteiger partial charge on any atom is -0.349 e. The van der Waals surface area contributed by atoms with Gasteiger partial charge < -0.3 is 11.1 Å². The van der Waals surface area contributed by atoms with Crippen molar-refractivity contribution in [2.75, 3.05) is 6.54 Å². The summed E-state index contributed by atoms with van der Waals surface area (Å²) in [5, 5.41) is 7.29. The van der Waals surface area contributed by atoms with Gasteiger partial charge in [0.15, 0.2) is 0 Å². The normalized spacial score (nSPS) is 17.2. The largest absolute Gasteiger partial charge is 0.349 e. The molecule has 0 atom stereocenters. The van der Waals surface area contributed by atoms with E-state index in [1.165, 1.54) is 18.4 Å². The highest BCUT2D eigenvalue weighted by molar-refractivity contribution is 7.07. The second-order valence-corrected chi connectivity index (χ2v) is 5.65. The van der Waals surface area contributed by atoms with E-state index in [-0.39, 0.29) is 23.9 Å². The molecule has 1 aromatic heterocycles. The predicted molar refractivity (Wildman–Crippen MR) is 78.3 cm³/mol. The van der Waals surface area contributed by atoms with Crippen LogP contribution < -0.4 is 11.1 Å². The molecule has 0 saturated heterocycles. The molecule has 2 rings (SSSR count). The van der Waals surface area contributed by atoms with Crippen LogP contribution in [0, 0.1) is 0 Å². The Labute approximate surface area is 119 Å². The summed E-state index contributed by atoms with van der Waals surface area (Å²) >= 11 is 1.68. The van der Waals surface area contributed by atoms with Crippen LogP contribution in [0.25, 0.3) is 0 Å². The van der Waals surface area contributed by atoms with Gasteiger partial charge in [0.25, 0.3) is 0 Å². The lowest BCUT2D eigenvalue weighted by molar-refractivity contribution is -0.122. The third-order valence-electron chi connectivity index (χ3n) is 3.58. The van der Waals surface area contributed by atoms with E-state index < -0.39 is 0 Å². The van der Waals surface area contributed by atoms with E-state index in [4.69, 9.17) is 5.73 Å². The second kappa shape index (κ2) is 7.12. The molecule has 0 bridgehead atoms. The van der Waals surface area contributed by atoms with Gasteiger partial charge in [0, 0.05) is 13.0 Å². The molecule has 1 fully saturated rings. The Morgan fingerprint density at radius 2 is 2.17 bits per heavy atom. The van der Waals surface area contributed by atoms with Gasteiger partial charge in [-0.15, -0.1) is 12.4 Å². The highest BCUT2D eigenvalue weighted by Gasteiger charge is 2.33. The number of rotatable bonds is 5. The third-order valence-corrected chi connectivity index (χ3v) is 4.31. The molecule has 1 aliphatic rings. The van der Waals surface area contributed by atoms with E-state index in [0.29, 0.717) is 13.0 Å². The van der Waals surface area contributed by atoms with Gasteiger partial charge in [0.2, 0.25) is 5.91 Å². The van der Waals surface area contributed by atoms with Gasteiger partial charge in [-0.05, 0) is 41.7 Å². The number of thiophene rings is 1. The summed E-state index contributed by atoms with van der Waals surface area (Å²) in [5.41, 5.74) is 6.94. The number of carbonyl (C=O) groups is 1. The molecule has 1 heterocycles. The van der Waals surface area contributed by atoms with E-state index >= 15 is 0 Å². The van der Waals surface area contributed by atoms with Gasteiger partial charge in [0.05, 0.1) is 5.54 Å². The number of hydrogen-bond acceptors (Lipinski definition) is 3. The van der Waals surface area contributed by atoms with Gasteiger partial charge in [-0.25, -0.2) is 0 Å². The third kappa shape index (κ3) is 3.97. The van der Waals surface area contributed by atoms with E-state index in [0.717, 1.165) is 19.3 Å². The van der Waals surface area contributed by atoms with Crippen molar-refractivity contribution in [3.63, 3.8) is 0 Å². The molecule has 1 aliphatic carbocycles. The fraction of sp³-hybridized carbons (Fsp3) is 0.615. The molecule has 18 heavy (non-hydrogen) atoms. The lowest BCUT2D eigenvalue weighted by Crippen LogP contribution is -2.51. The zero-order valence-corrected chi connectivity index (χ0v) is 12.1. The summed E-state index contributed by atoms with van der Waals surface area (Å²) in [4.78, 5) is 11.9. The second-order valence-electron chi connectivity index (χ2n) is 4.87. The molecular weight excluding hydrogens is 268 g/mol. The van der Waals surface area contributed by atoms with Crippen molar-refractivity contribution in [2.24, 2.45) is 5.73 Å². The predicted octanol–water partition coefficient (Wildman–Crippen LogP) is 2.49. The first-order valence-electron chi connectivity index (χ1n) is 6.26. The summed E-state index contributed by atoms with van der Waals surface area (Å²) < 4.78 is 0. The van der Waals surface area contributed by atoms with Crippen molar-refractivity contribution < 1.29 is 4.79 Å².